The molecule has 116 valence electrons. The molecule has 0 spiro atoms. The lowest BCUT2D eigenvalue weighted by Crippen LogP contribution is -2.44. The van der Waals surface area contributed by atoms with Crippen LogP contribution >= 0.6 is 11.3 Å². The molecular formula is C17H19NO3S. The van der Waals surface area contributed by atoms with Crippen molar-refractivity contribution in [2.75, 3.05) is 0 Å². The second kappa shape index (κ2) is 7.22. The molecule has 4 nitrogen and oxygen atoms in total. The van der Waals surface area contributed by atoms with E-state index in [0.717, 1.165) is 11.1 Å². The summed E-state index contributed by atoms with van der Waals surface area (Å²) in [5, 5.41) is 13.1. The molecule has 1 N–H and O–H groups in total. The van der Waals surface area contributed by atoms with Gasteiger partial charge >= 0.3 is 5.97 Å². The summed E-state index contributed by atoms with van der Waals surface area (Å²) in [6.45, 7) is 3.65. The average molecular weight is 317 g/mol. The van der Waals surface area contributed by atoms with Crippen LogP contribution in [0.1, 0.15) is 30.9 Å². The van der Waals surface area contributed by atoms with Crippen molar-refractivity contribution < 1.29 is 14.7 Å². The highest BCUT2D eigenvalue weighted by Gasteiger charge is 2.29. The Bertz CT molecular complexity index is 625. The van der Waals surface area contributed by atoms with Crippen LogP contribution in [0.25, 0.3) is 0 Å². The van der Waals surface area contributed by atoms with Gasteiger partial charge in [0, 0.05) is 6.54 Å². The molecular weight excluding hydrogens is 298 g/mol. The van der Waals surface area contributed by atoms with Gasteiger partial charge in [0.1, 0.15) is 6.04 Å². The number of rotatable bonds is 6. The summed E-state index contributed by atoms with van der Waals surface area (Å²) in [4.78, 5) is 25.5. The predicted molar refractivity (Wildman–Crippen MR) is 86.8 cm³/mol. The number of nitrogens with zero attached hydrogens (tertiary/aromatic N) is 1. The van der Waals surface area contributed by atoms with E-state index in [2.05, 4.69) is 0 Å². The van der Waals surface area contributed by atoms with Gasteiger partial charge in [0.25, 0.3) is 0 Å². The standard InChI is InChI=1S/C17H19NO3S/c1-12(15-8-9-22-11-15)16(19)18(13(2)17(20)21)10-14-6-4-3-5-7-14/h3-9,11-13H,10H2,1-2H3,(H,20,21). The molecule has 0 aliphatic heterocycles. The summed E-state index contributed by atoms with van der Waals surface area (Å²) >= 11 is 1.53. The van der Waals surface area contributed by atoms with Crippen molar-refractivity contribution in [3.05, 3.63) is 58.3 Å². The second-order valence-corrected chi connectivity index (χ2v) is 6.02. The zero-order valence-corrected chi connectivity index (χ0v) is 13.4. The van der Waals surface area contributed by atoms with E-state index in [1.54, 1.807) is 6.92 Å². The molecule has 5 heteroatoms. The second-order valence-electron chi connectivity index (χ2n) is 5.24. The van der Waals surface area contributed by atoms with E-state index in [0.29, 0.717) is 6.54 Å². The molecule has 2 unspecified atom stereocenters. The SMILES string of the molecule is CC(C(=O)N(Cc1ccccc1)C(C)C(=O)O)c1ccsc1. The number of thiophene rings is 1. The van der Waals surface area contributed by atoms with E-state index >= 15 is 0 Å². The van der Waals surface area contributed by atoms with Crippen LogP contribution in [0.2, 0.25) is 0 Å². The van der Waals surface area contributed by atoms with Crippen molar-refractivity contribution in [1.82, 2.24) is 4.90 Å². The molecule has 0 bridgehead atoms. The molecule has 0 aliphatic carbocycles. The van der Waals surface area contributed by atoms with E-state index in [-0.39, 0.29) is 11.8 Å². The number of aliphatic carboxylic acids is 1. The Morgan fingerprint density at radius 3 is 2.41 bits per heavy atom. The Morgan fingerprint density at radius 1 is 1.18 bits per heavy atom. The van der Waals surface area contributed by atoms with Gasteiger partial charge < -0.3 is 10.0 Å². The monoisotopic (exact) mass is 317 g/mol. The lowest BCUT2D eigenvalue weighted by atomic mass is 10.0. The van der Waals surface area contributed by atoms with Gasteiger partial charge in [0.05, 0.1) is 5.92 Å². The molecule has 1 aromatic carbocycles. The molecule has 0 aliphatic rings. The molecule has 0 radical (unpaired) electrons. The van der Waals surface area contributed by atoms with Crippen LogP contribution in [0.15, 0.2) is 47.2 Å². The minimum atomic E-state index is -0.998. The van der Waals surface area contributed by atoms with E-state index in [1.165, 1.54) is 16.2 Å². The number of hydrogen-bond donors (Lipinski definition) is 1. The number of carboxylic acid groups (broad SMARTS) is 1. The van der Waals surface area contributed by atoms with Crippen LogP contribution < -0.4 is 0 Å². The maximum absolute atomic E-state index is 12.8. The van der Waals surface area contributed by atoms with Crippen molar-refractivity contribution in [3.8, 4) is 0 Å². The topological polar surface area (TPSA) is 57.6 Å². The lowest BCUT2D eigenvalue weighted by molar-refractivity contribution is -0.150. The Labute approximate surface area is 134 Å². The van der Waals surface area contributed by atoms with Crippen LogP contribution in [0.5, 0.6) is 0 Å². The van der Waals surface area contributed by atoms with E-state index in [4.69, 9.17) is 0 Å². The Morgan fingerprint density at radius 2 is 1.86 bits per heavy atom. The fraction of sp³-hybridized carbons (Fsp3) is 0.294. The maximum Gasteiger partial charge on any atom is 0.326 e. The zero-order chi connectivity index (χ0) is 16.1. The van der Waals surface area contributed by atoms with Crippen molar-refractivity contribution in [2.24, 2.45) is 0 Å². The Hall–Kier alpha value is -2.14. The molecule has 1 aromatic heterocycles. The quantitative estimate of drug-likeness (QED) is 0.889. The smallest absolute Gasteiger partial charge is 0.326 e. The van der Waals surface area contributed by atoms with Gasteiger partial charge in [-0.3, -0.25) is 4.79 Å². The molecule has 2 atom stereocenters. The van der Waals surface area contributed by atoms with Gasteiger partial charge in [-0.25, -0.2) is 4.79 Å². The first-order valence-corrected chi connectivity index (χ1v) is 8.04. The number of carbonyl (C=O) groups excluding carboxylic acids is 1. The van der Waals surface area contributed by atoms with Crippen molar-refractivity contribution in [1.29, 1.82) is 0 Å². The van der Waals surface area contributed by atoms with E-state index < -0.39 is 12.0 Å². The molecule has 0 saturated heterocycles. The van der Waals surface area contributed by atoms with Crippen LogP contribution in [-0.2, 0) is 16.1 Å². The normalized spacial score (nSPS) is 13.4. The minimum absolute atomic E-state index is 0.169. The first kappa shape index (κ1) is 16.2. The van der Waals surface area contributed by atoms with Crippen LogP contribution in [0, 0.1) is 0 Å². The summed E-state index contributed by atoms with van der Waals surface area (Å²) in [6, 6.07) is 10.5. The van der Waals surface area contributed by atoms with E-state index in [1.807, 2.05) is 54.1 Å². The van der Waals surface area contributed by atoms with Gasteiger partial charge in [0.15, 0.2) is 0 Å². The van der Waals surface area contributed by atoms with Crippen LogP contribution in [-0.4, -0.2) is 27.9 Å². The maximum atomic E-state index is 12.8. The Kier molecular flexibility index (Phi) is 5.33. The third kappa shape index (κ3) is 3.74. The zero-order valence-electron chi connectivity index (χ0n) is 12.6. The number of benzene rings is 1. The Balaban J connectivity index is 2.24. The molecule has 0 fully saturated rings. The molecule has 1 amide bonds. The third-order valence-corrected chi connectivity index (χ3v) is 4.42. The summed E-state index contributed by atoms with van der Waals surface area (Å²) < 4.78 is 0. The highest BCUT2D eigenvalue weighted by molar-refractivity contribution is 7.08. The number of carbonyl (C=O) groups is 2. The number of carboxylic acids is 1. The molecule has 0 saturated carbocycles. The lowest BCUT2D eigenvalue weighted by Gasteiger charge is -2.29. The van der Waals surface area contributed by atoms with Gasteiger partial charge in [-0.15, -0.1) is 0 Å². The number of hydrogen-bond acceptors (Lipinski definition) is 3. The highest BCUT2D eigenvalue weighted by atomic mass is 32.1. The van der Waals surface area contributed by atoms with Gasteiger partial charge in [0.2, 0.25) is 5.91 Å². The summed E-state index contributed by atoms with van der Waals surface area (Å²) in [7, 11) is 0. The summed E-state index contributed by atoms with van der Waals surface area (Å²) in [5.41, 5.74) is 1.84. The highest BCUT2D eigenvalue weighted by Crippen LogP contribution is 2.23. The van der Waals surface area contributed by atoms with Crippen molar-refractivity contribution in [2.45, 2.75) is 32.4 Å². The molecule has 22 heavy (non-hydrogen) atoms. The predicted octanol–water partition coefficient (Wildman–Crippen LogP) is 3.35. The summed E-state index contributed by atoms with van der Waals surface area (Å²) in [6.07, 6.45) is 0. The number of amides is 1. The van der Waals surface area contributed by atoms with Crippen molar-refractivity contribution >= 4 is 23.2 Å². The summed E-state index contributed by atoms with van der Waals surface area (Å²) in [5.74, 6) is -1.52. The fourth-order valence-electron chi connectivity index (χ4n) is 2.23. The minimum Gasteiger partial charge on any atom is -0.480 e. The fourth-order valence-corrected chi connectivity index (χ4v) is 2.99. The van der Waals surface area contributed by atoms with Crippen LogP contribution in [0.4, 0.5) is 0 Å². The van der Waals surface area contributed by atoms with Crippen LogP contribution in [0.3, 0.4) is 0 Å². The molecule has 1 heterocycles. The molecule has 2 rings (SSSR count). The van der Waals surface area contributed by atoms with Crippen molar-refractivity contribution in [3.63, 3.8) is 0 Å². The van der Waals surface area contributed by atoms with E-state index in [9.17, 15) is 14.7 Å². The molecule has 2 aromatic rings. The average Bonchev–Trinajstić information content (AvgIpc) is 3.06. The van der Waals surface area contributed by atoms with Gasteiger partial charge in [-0.2, -0.15) is 11.3 Å². The van der Waals surface area contributed by atoms with Gasteiger partial charge in [-0.1, -0.05) is 30.3 Å². The largest absolute Gasteiger partial charge is 0.480 e. The third-order valence-electron chi connectivity index (χ3n) is 3.72. The van der Waals surface area contributed by atoms with Gasteiger partial charge in [-0.05, 0) is 41.8 Å². The first-order valence-electron chi connectivity index (χ1n) is 7.10. The first-order chi connectivity index (χ1) is 10.5.